The lowest BCUT2D eigenvalue weighted by Crippen LogP contribution is -2.66. The van der Waals surface area contributed by atoms with Gasteiger partial charge in [-0.15, -0.1) is 0 Å². The number of nitrogens with zero attached hydrogens (tertiary/aromatic N) is 4. The van der Waals surface area contributed by atoms with E-state index < -0.39 is 11.0 Å². The zero-order valence-corrected chi connectivity index (χ0v) is 19.9. The van der Waals surface area contributed by atoms with E-state index in [-0.39, 0.29) is 5.54 Å². The summed E-state index contributed by atoms with van der Waals surface area (Å²) in [5, 5.41) is 0. The number of fused-ring (bicyclic) bond motifs is 2. The molecule has 2 aromatic carbocycles. The topological polar surface area (TPSA) is 30.0 Å². The first-order valence-electron chi connectivity index (χ1n) is 11.8. The number of Topliss-reactive ketones (excluding diaryl/α,β-unsaturated/α-hetero) is 1. The van der Waals surface area contributed by atoms with Crippen LogP contribution < -0.4 is 0 Å². The number of piperidine rings is 1. The van der Waals surface area contributed by atoms with Crippen molar-refractivity contribution in [2.45, 2.75) is 23.4 Å². The minimum Gasteiger partial charge on any atom is -0.303 e. The van der Waals surface area contributed by atoms with Crippen molar-refractivity contribution in [3.05, 3.63) is 71.8 Å². The Balaban J connectivity index is 1.73. The van der Waals surface area contributed by atoms with Gasteiger partial charge in [-0.2, -0.15) is 0 Å². The van der Waals surface area contributed by atoms with Crippen LogP contribution in [0.4, 0.5) is 0 Å². The van der Waals surface area contributed by atoms with Gasteiger partial charge < -0.3 is 14.7 Å². The molecule has 2 bridgehead atoms. The van der Waals surface area contributed by atoms with Crippen molar-refractivity contribution in [3.63, 3.8) is 0 Å². The van der Waals surface area contributed by atoms with Gasteiger partial charge in [0.25, 0.3) is 0 Å². The zero-order valence-electron chi connectivity index (χ0n) is 19.9. The highest BCUT2D eigenvalue weighted by molar-refractivity contribution is 6.02. The van der Waals surface area contributed by atoms with Crippen molar-refractivity contribution in [1.29, 1.82) is 0 Å². The second-order valence-corrected chi connectivity index (χ2v) is 10.7. The molecule has 3 aliphatic rings. The maximum Gasteiger partial charge on any atom is 0.172 e. The van der Waals surface area contributed by atoms with Crippen LogP contribution in [-0.4, -0.2) is 97.9 Å². The van der Waals surface area contributed by atoms with Crippen LogP contribution in [0.2, 0.25) is 0 Å². The molecule has 0 spiro atoms. The van der Waals surface area contributed by atoms with Crippen LogP contribution in [0.15, 0.2) is 60.7 Å². The number of ketones is 1. The van der Waals surface area contributed by atoms with E-state index in [1.54, 1.807) is 0 Å². The van der Waals surface area contributed by atoms with Crippen LogP contribution >= 0.6 is 0 Å². The van der Waals surface area contributed by atoms with Crippen LogP contribution in [-0.2, 0) is 15.7 Å². The minimum atomic E-state index is -0.648. The number of carbonyl (C=O) groups excluding carboxylic acids is 1. The summed E-state index contributed by atoms with van der Waals surface area (Å²) in [6, 6.07) is 21.1. The Hall–Kier alpha value is -2.05. The monoisotopic (exact) mass is 432 g/mol. The Morgan fingerprint density at radius 1 is 0.656 bits per heavy atom. The summed E-state index contributed by atoms with van der Waals surface area (Å²) in [6.45, 7) is 8.64. The van der Waals surface area contributed by atoms with E-state index >= 15 is 0 Å². The summed E-state index contributed by atoms with van der Waals surface area (Å²) in [6.07, 6.45) is 0. The van der Waals surface area contributed by atoms with Gasteiger partial charge in [0.1, 0.15) is 5.54 Å². The molecule has 3 saturated heterocycles. The average molecular weight is 433 g/mol. The molecule has 0 aromatic heterocycles. The molecule has 0 saturated carbocycles. The summed E-state index contributed by atoms with van der Waals surface area (Å²) in [5.41, 5.74) is 0.970. The highest BCUT2D eigenvalue weighted by atomic mass is 16.1. The molecule has 1 unspecified atom stereocenters. The SMILES string of the molecule is CN1CCN(C)CC(C)(N2C[C@@]3(c4ccccc4)CN(C)CC2(c2ccccc2)C3=O)C1. The van der Waals surface area contributed by atoms with Crippen molar-refractivity contribution in [1.82, 2.24) is 19.6 Å². The van der Waals surface area contributed by atoms with E-state index in [1.165, 1.54) is 0 Å². The van der Waals surface area contributed by atoms with Crippen molar-refractivity contribution in [2.24, 2.45) is 0 Å². The highest BCUT2D eigenvalue weighted by Crippen LogP contribution is 2.53. The molecule has 0 amide bonds. The Bertz CT molecular complexity index is 968. The first-order chi connectivity index (χ1) is 15.3. The Morgan fingerprint density at radius 3 is 1.75 bits per heavy atom. The lowest BCUT2D eigenvalue weighted by Gasteiger charge is -2.51. The minimum absolute atomic E-state index is 0.146. The average Bonchev–Trinajstić information content (AvgIpc) is 2.88. The lowest BCUT2D eigenvalue weighted by atomic mass is 9.68. The third-order valence-electron chi connectivity index (χ3n) is 8.05. The molecule has 3 aliphatic heterocycles. The first kappa shape index (κ1) is 21.8. The van der Waals surface area contributed by atoms with E-state index in [9.17, 15) is 4.79 Å². The van der Waals surface area contributed by atoms with Gasteiger partial charge >= 0.3 is 0 Å². The molecular formula is C27H36N4O. The van der Waals surface area contributed by atoms with E-state index in [1.807, 2.05) is 6.07 Å². The molecule has 0 radical (unpaired) electrons. The van der Waals surface area contributed by atoms with Crippen LogP contribution in [0.1, 0.15) is 18.1 Å². The summed E-state index contributed by atoms with van der Waals surface area (Å²) in [5.74, 6) is 0.372. The van der Waals surface area contributed by atoms with Crippen LogP contribution in [0, 0.1) is 0 Å². The number of rotatable bonds is 3. The molecule has 170 valence electrons. The molecule has 2 atom stereocenters. The Kier molecular flexibility index (Phi) is 5.29. The van der Waals surface area contributed by atoms with Crippen LogP contribution in [0.5, 0.6) is 0 Å². The second-order valence-electron chi connectivity index (χ2n) is 10.7. The fourth-order valence-electron chi connectivity index (χ4n) is 6.88. The predicted octanol–water partition coefficient (Wildman–Crippen LogP) is 2.29. The Labute approximate surface area is 192 Å². The molecule has 5 heteroatoms. The number of hydrogen-bond donors (Lipinski definition) is 0. The van der Waals surface area contributed by atoms with E-state index in [2.05, 4.69) is 102 Å². The summed E-state index contributed by atoms with van der Waals surface area (Å²) in [7, 11) is 6.62. The zero-order chi connectivity index (χ0) is 22.6. The number of benzene rings is 2. The molecule has 5 nitrogen and oxygen atoms in total. The highest BCUT2D eigenvalue weighted by Gasteiger charge is 2.68. The normalized spacial score (nSPS) is 32.2. The van der Waals surface area contributed by atoms with Crippen LogP contribution in [0.3, 0.4) is 0 Å². The maximum atomic E-state index is 14.7. The van der Waals surface area contributed by atoms with E-state index in [0.29, 0.717) is 5.78 Å². The fourth-order valence-corrected chi connectivity index (χ4v) is 6.88. The number of carbonyl (C=O) groups is 1. The molecule has 0 aliphatic carbocycles. The molecule has 3 fully saturated rings. The van der Waals surface area contributed by atoms with Crippen LogP contribution in [0.25, 0.3) is 0 Å². The second kappa shape index (κ2) is 7.77. The lowest BCUT2D eigenvalue weighted by molar-refractivity contribution is -0.137. The van der Waals surface area contributed by atoms with Crippen molar-refractivity contribution >= 4 is 5.78 Å². The van der Waals surface area contributed by atoms with Crippen molar-refractivity contribution < 1.29 is 4.79 Å². The summed E-state index contributed by atoms with van der Waals surface area (Å²) >= 11 is 0. The predicted molar refractivity (Wildman–Crippen MR) is 129 cm³/mol. The fraction of sp³-hybridized carbons (Fsp3) is 0.519. The quantitative estimate of drug-likeness (QED) is 0.743. The number of likely N-dealkylation sites (tertiary alicyclic amines) is 2. The number of likely N-dealkylation sites (N-methyl/N-ethyl adjacent to an activating group) is 3. The molecule has 0 N–H and O–H groups in total. The molecule has 5 rings (SSSR count). The standard InChI is InChI=1S/C27H36N4O/c1-25(17-28(2)15-16-29(3)18-25)31-20-26(22-11-7-5-8-12-22)19-30(4)21-27(31,24(26)32)23-13-9-6-10-14-23/h5-14H,15-21H2,1-4H3/t26-,27?/m1/s1. The molecule has 32 heavy (non-hydrogen) atoms. The van der Waals surface area contributed by atoms with Gasteiger partial charge in [0.05, 0.1) is 5.41 Å². The summed E-state index contributed by atoms with van der Waals surface area (Å²) in [4.78, 5) is 24.6. The van der Waals surface area contributed by atoms with Gasteiger partial charge in [-0.25, -0.2) is 0 Å². The largest absolute Gasteiger partial charge is 0.303 e. The third-order valence-corrected chi connectivity index (χ3v) is 8.05. The molecular weight excluding hydrogens is 396 g/mol. The molecule has 3 heterocycles. The number of hydrogen-bond acceptors (Lipinski definition) is 5. The van der Waals surface area contributed by atoms with E-state index in [4.69, 9.17) is 0 Å². The van der Waals surface area contributed by atoms with Crippen molar-refractivity contribution in [3.8, 4) is 0 Å². The smallest absolute Gasteiger partial charge is 0.172 e. The van der Waals surface area contributed by atoms with Gasteiger partial charge in [-0.1, -0.05) is 60.7 Å². The van der Waals surface area contributed by atoms with Crippen molar-refractivity contribution in [2.75, 3.05) is 67.0 Å². The van der Waals surface area contributed by atoms with Gasteiger partial charge in [0.2, 0.25) is 0 Å². The van der Waals surface area contributed by atoms with Gasteiger partial charge in [-0.05, 0) is 39.2 Å². The summed E-state index contributed by atoms with van der Waals surface area (Å²) < 4.78 is 0. The van der Waals surface area contributed by atoms with Gasteiger partial charge in [0, 0.05) is 51.4 Å². The first-order valence-corrected chi connectivity index (χ1v) is 11.8. The van der Waals surface area contributed by atoms with E-state index in [0.717, 1.165) is 56.9 Å². The molecule has 2 aromatic rings. The van der Waals surface area contributed by atoms with Gasteiger partial charge in [-0.3, -0.25) is 9.69 Å². The third kappa shape index (κ3) is 3.18. The Morgan fingerprint density at radius 2 is 1.19 bits per heavy atom. The maximum absolute atomic E-state index is 14.7. The van der Waals surface area contributed by atoms with Gasteiger partial charge in [0.15, 0.2) is 5.78 Å².